The molecule has 0 aliphatic carbocycles. The van der Waals surface area contributed by atoms with Gasteiger partial charge in [0.15, 0.2) is 0 Å². The van der Waals surface area contributed by atoms with E-state index < -0.39 is 14.8 Å². The van der Waals surface area contributed by atoms with Crippen molar-refractivity contribution >= 4 is 20.7 Å². The molecule has 0 aliphatic heterocycles. The van der Waals surface area contributed by atoms with E-state index in [0.717, 1.165) is 6.08 Å². The van der Waals surface area contributed by atoms with Gasteiger partial charge in [-0.2, -0.15) is 0 Å². The molecule has 22 heavy (non-hydrogen) atoms. The normalized spacial score (nSPS) is 10.0. The van der Waals surface area contributed by atoms with E-state index in [1.807, 2.05) is 0 Å². The first-order valence-electron chi connectivity index (χ1n) is 6.50. The lowest BCUT2D eigenvalue weighted by atomic mass is 10.4. The zero-order valence-corrected chi connectivity index (χ0v) is 15.0. The zero-order chi connectivity index (χ0) is 17.6. The largest absolute Gasteiger partial charge is 0.500 e. The van der Waals surface area contributed by atoms with Crippen molar-refractivity contribution in [3.63, 3.8) is 0 Å². The highest BCUT2D eigenvalue weighted by Gasteiger charge is 2.36. The number of hydrogen-bond donors (Lipinski definition) is 0. The third-order valence-electron chi connectivity index (χ3n) is 2.51. The van der Waals surface area contributed by atoms with Gasteiger partial charge < -0.3 is 22.8 Å². The molecule has 0 aromatic carbocycles. The van der Waals surface area contributed by atoms with Crippen molar-refractivity contribution in [1.82, 2.24) is 0 Å². The molecule has 0 aliphatic rings. The minimum Gasteiger partial charge on any atom is -0.466 e. The molecule has 128 valence electrons. The molecule has 0 spiro atoms. The predicted octanol–water partition coefficient (Wildman–Crippen LogP) is 1.72. The Morgan fingerprint density at radius 1 is 1.09 bits per heavy atom. The highest BCUT2D eigenvalue weighted by atomic mass is 28.4. The van der Waals surface area contributed by atoms with Crippen LogP contribution in [0, 0.1) is 0 Å². The van der Waals surface area contributed by atoms with E-state index in [2.05, 4.69) is 17.9 Å². The molecule has 0 saturated heterocycles. The quantitative estimate of drug-likeness (QED) is 0.275. The highest BCUT2D eigenvalue weighted by Crippen LogP contribution is 2.14. The van der Waals surface area contributed by atoms with Crippen LogP contribution in [0.3, 0.4) is 0 Å². The Morgan fingerprint density at radius 2 is 1.59 bits per heavy atom. The maximum absolute atomic E-state index is 11.1. The standard InChI is InChI=1S/C10H20O5Si.C4H6O2/c1-9(2)10(11)15-7-6-8-16(12-3,13-4)14-5;1-3-4(5)6-2/h1,6-8H2,2-5H3;3H,1H2,2H3. The summed E-state index contributed by atoms with van der Waals surface area (Å²) in [6.07, 6.45) is 1.75. The number of methoxy groups -OCH3 is 1. The Kier molecular flexibility index (Phi) is 13.7. The van der Waals surface area contributed by atoms with E-state index in [9.17, 15) is 9.59 Å². The number of hydrogen-bond acceptors (Lipinski definition) is 7. The second kappa shape index (κ2) is 13.2. The summed E-state index contributed by atoms with van der Waals surface area (Å²) in [5.74, 6) is -0.769. The van der Waals surface area contributed by atoms with Crippen molar-refractivity contribution in [2.45, 2.75) is 19.4 Å². The molecule has 0 heterocycles. The van der Waals surface area contributed by atoms with Crippen molar-refractivity contribution in [3.8, 4) is 0 Å². The molecule has 0 bridgehead atoms. The number of carbonyl (C=O) groups excluding carboxylic acids is 2. The minimum absolute atomic E-state index is 0.316. The average molecular weight is 334 g/mol. The van der Waals surface area contributed by atoms with E-state index in [-0.39, 0.29) is 5.97 Å². The van der Waals surface area contributed by atoms with Crippen LogP contribution in [0.25, 0.3) is 0 Å². The Hall–Kier alpha value is -1.48. The second-order valence-corrected chi connectivity index (χ2v) is 7.13. The molecule has 0 N–H and O–H groups in total. The van der Waals surface area contributed by atoms with E-state index >= 15 is 0 Å². The molecule has 0 amide bonds. The molecule has 0 fully saturated rings. The van der Waals surface area contributed by atoms with Crippen LogP contribution in [0.4, 0.5) is 0 Å². The van der Waals surface area contributed by atoms with Crippen LogP contribution in [0.5, 0.6) is 0 Å². The van der Waals surface area contributed by atoms with Crippen LogP contribution in [-0.2, 0) is 32.3 Å². The van der Waals surface area contributed by atoms with Crippen LogP contribution in [0.2, 0.25) is 6.04 Å². The summed E-state index contributed by atoms with van der Waals surface area (Å²) in [6.45, 7) is 8.58. The lowest BCUT2D eigenvalue weighted by molar-refractivity contribution is -0.139. The average Bonchev–Trinajstić information content (AvgIpc) is 2.55. The Bertz CT molecular complexity index is 356. The van der Waals surface area contributed by atoms with E-state index in [4.69, 9.17) is 18.0 Å². The molecule has 0 atom stereocenters. The first-order valence-corrected chi connectivity index (χ1v) is 8.44. The summed E-state index contributed by atoms with van der Waals surface area (Å²) in [4.78, 5) is 20.9. The van der Waals surface area contributed by atoms with Gasteiger partial charge in [0.1, 0.15) is 0 Å². The predicted molar refractivity (Wildman–Crippen MR) is 84.2 cm³/mol. The molecule has 0 rings (SSSR count). The fourth-order valence-corrected chi connectivity index (χ4v) is 2.91. The zero-order valence-electron chi connectivity index (χ0n) is 14.0. The van der Waals surface area contributed by atoms with Gasteiger partial charge in [-0.1, -0.05) is 13.2 Å². The SMILES string of the molecule is C=C(C)C(=O)OCCC[Si](OC)(OC)OC.C=CC(=O)OC. The van der Waals surface area contributed by atoms with Gasteiger partial charge in [-0.05, 0) is 13.3 Å². The number of ether oxygens (including phenoxy) is 2. The summed E-state index contributed by atoms with van der Waals surface area (Å²) in [5.41, 5.74) is 0.397. The van der Waals surface area contributed by atoms with Crippen molar-refractivity contribution in [2.24, 2.45) is 0 Å². The van der Waals surface area contributed by atoms with Gasteiger partial charge in [-0.3, -0.25) is 0 Å². The number of esters is 2. The van der Waals surface area contributed by atoms with Crippen LogP contribution in [0.1, 0.15) is 13.3 Å². The van der Waals surface area contributed by atoms with Gasteiger partial charge in [0.2, 0.25) is 0 Å². The molecular formula is C14H26O7Si. The van der Waals surface area contributed by atoms with Gasteiger partial charge in [0, 0.05) is 39.0 Å². The van der Waals surface area contributed by atoms with Gasteiger partial charge in [-0.25, -0.2) is 9.59 Å². The number of rotatable bonds is 9. The number of carbonyl (C=O) groups is 2. The summed E-state index contributed by atoms with van der Waals surface area (Å²) < 4.78 is 24.8. The van der Waals surface area contributed by atoms with E-state index in [1.54, 1.807) is 28.3 Å². The second-order valence-electron chi connectivity index (χ2n) is 4.04. The maximum Gasteiger partial charge on any atom is 0.500 e. The van der Waals surface area contributed by atoms with Crippen molar-refractivity contribution in [1.29, 1.82) is 0 Å². The first-order chi connectivity index (χ1) is 10.3. The summed E-state index contributed by atoms with van der Waals surface area (Å²) in [5, 5.41) is 0. The Labute approximate surface area is 133 Å². The van der Waals surface area contributed by atoms with Gasteiger partial charge >= 0.3 is 20.7 Å². The summed E-state index contributed by atoms with van der Waals surface area (Å²) in [6, 6.07) is 0.611. The van der Waals surface area contributed by atoms with Crippen LogP contribution >= 0.6 is 0 Å². The Morgan fingerprint density at radius 3 is 1.86 bits per heavy atom. The van der Waals surface area contributed by atoms with Crippen molar-refractivity contribution < 1.29 is 32.3 Å². The lowest BCUT2D eigenvalue weighted by Crippen LogP contribution is -2.42. The third kappa shape index (κ3) is 10.3. The molecule has 0 unspecified atom stereocenters. The fourth-order valence-electron chi connectivity index (χ4n) is 1.22. The molecule has 0 aromatic heterocycles. The molecule has 0 saturated carbocycles. The first kappa shape index (κ1) is 22.8. The summed E-state index contributed by atoms with van der Waals surface area (Å²) in [7, 11) is 3.44. The van der Waals surface area contributed by atoms with Crippen molar-refractivity contribution in [3.05, 3.63) is 24.8 Å². The minimum atomic E-state index is -2.53. The molecule has 0 aromatic rings. The molecule has 8 heteroatoms. The molecule has 0 radical (unpaired) electrons. The van der Waals surface area contributed by atoms with E-state index in [1.165, 1.54) is 7.11 Å². The summed E-state index contributed by atoms with van der Waals surface area (Å²) >= 11 is 0. The topological polar surface area (TPSA) is 80.3 Å². The van der Waals surface area contributed by atoms with Crippen LogP contribution < -0.4 is 0 Å². The molecular weight excluding hydrogens is 308 g/mol. The highest BCUT2D eigenvalue weighted by molar-refractivity contribution is 6.60. The molecule has 7 nitrogen and oxygen atoms in total. The fraction of sp³-hybridized carbons (Fsp3) is 0.571. The van der Waals surface area contributed by atoms with E-state index in [0.29, 0.717) is 24.6 Å². The monoisotopic (exact) mass is 334 g/mol. The van der Waals surface area contributed by atoms with Crippen LogP contribution in [0.15, 0.2) is 24.8 Å². The van der Waals surface area contributed by atoms with Gasteiger partial charge in [0.25, 0.3) is 0 Å². The smallest absolute Gasteiger partial charge is 0.466 e. The van der Waals surface area contributed by atoms with Gasteiger partial charge in [0.05, 0.1) is 13.7 Å². The van der Waals surface area contributed by atoms with Crippen molar-refractivity contribution in [2.75, 3.05) is 35.0 Å². The van der Waals surface area contributed by atoms with Crippen LogP contribution in [-0.4, -0.2) is 55.8 Å². The maximum atomic E-state index is 11.1. The lowest BCUT2D eigenvalue weighted by Gasteiger charge is -2.24. The Balaban J connectivity index is 0. The van der Waals surface area contributed by atoms with Gasteiger partial charge in [-0.15, -0.1) is 0 Å². The third-order valence-corrected chi connectivity index (χ3v) is 5.34.